The number of halogens is 1. The van der Waals surface area contributed by atoms with Crippen LogP contribution in [0.3, 0.4) is 0 Å². The normalized spacial score (nSPS) is 22.0. The molecule has 114 valence electrons. The fourth-order valence-corrected chi connectivity index (χ4v) is 2.55. The van der Waals surface area contributed by atoms with E-state index in [9.17, 15) is 14.7 Å². The molecule has 2 rings (SSSR count). The predicted molar refractivity (Wildman–Crippen MR) is 80.2 cm³/mol. The molecular formula is C15H19ClN2O3. The van der Waals surface area contributed by atoms with E-state index in [0.29, 0.717) is 30.1 Å². The fraction of sp³-hybridized carbons (Fsp3) is 0.467. The van der Waals surface area contributed by atoms with Crippen molar-refractivity contribution in [2.24, 2.45) is 5.92 Å². The largest absolute Gasteiger partial charge is 0.393 e. The van der Waals surface area contributed by atoms with Crippen molar-refractivity contribution in [3.05, 3.63) is 34.9 Å². The van der Waals surface area contributed by atoms with Crippen LogP contribution in [0.4, 0.5) is 0 Å². The molecular weight excluding hydrogens is 292 g/mol. The average Bonchev–Trinajstić information content (AvgIpc) is 2.47. The second-order valence-electron chi connectivity index (χ2n) is 5.37. The van der Waals surface area contributed by atoms with Crippen molar-refractivity contribution in [1.82, 2.24) is 10.2 Å². The van der Waals surface area contributed by atoms with Gasteiger partial charge in [-0.3, -0.25) is 9.59 Å². The number of aliphatic hydroxyl groups excluding tert-OH is 1. The van der Waals surface area contributed by atoms with Crippen LogP contribution in [0.1, 0.15) is 23.7 Å². The Hall–Kier alpha value is -1.59. The quantitative estimate of drug-likeness (QED) is 0.884. The van der Waals surface area contributed by atoms with Crippen LogP contribution in [0.5, 0.6) is 0 Å². The molecule has 0 radical (unpaired) electrons. The SMILES string of the molecule is CC1CN(C(=O)CNC(=O)c2cccc(Cl)c2)CCC1O. The zero-order valence-corrected chi connectivity index (χ0v) is 12.6. The summed E-state index contributed by atoms with van der Waals surface area (Å²) in [7, 11) is 0. The van der Waals surface area contributed by atoms with E-state index in [1.165, 1.54) is 0 Å². The summed E-state index contributed by atoms with van der Waals surface area (Å²) in [4.78, 5) is 25.7. The molecule has 1 aromatic rings. The predicted octanol–water partition coefficient (Wildman–Crippen LogP) is 1.30. The monoisotopic (exact) mass is 310 g/mol. The van der Waals surface area contributed by atoms with E-state index in [2.05, 4.69) is 5.32 Å². The number of nitrogens with zero attached hydrogens (tertiary/aromatic N) is 1. The van der Waals surface area contributed by atoms with Crippen molar-refractivity contribution in [3.8, 4) is 0 Å². The Bertz CT molecular complexity index is 535. The number of rotatable bonds is 3. The maximum Gasteiger partial charge on any atom is 0.251 e. The lowest BCUT2D eigenvalue weighted by molar-refractivity contribution is -0.133. The van der Waals surface area contributed by atoms with Crippen LogP contribution in [-0.4, -0.2) is 47.6 Å². The Balaban J connectivity index is 1.85. The third kappa shape index (κ3) is 4.19. The summed E-state index contributed by atoms with van der Waals surface area (Å²) in [6.45, 7) is 2.91. The van der Waals surface area contributed by atoms with Gasteiger partial charge in [-0.15, -0.1) is 0 Å². The molecule has 21 heavy (non-hydrogen) atoms. The molecule has 0 bridgehead atoms. The Labute approximate surface area is 128 Å². The fourth-order valence-electron chi connectivity index (χ4n) is 2.36. The molecule has 0 aliphatic carbocycles. The number of carbonyl (C=O) groups excluding carboxylic acids is 2. The van der Waals surface area contributed by atoms with Gasteiger partial charge in [-0.25, -0.2) is 0 Å². The maximum absolute atomic E-state index is 12.1. The van der Waals surface area contributed by atoms with Crippen LogP contribution in [0.25, 0.3) is 0 Å². The molecule has 1 saturated heterocycles. The molecule has 1 fully saturated rings. The molecule has 0 aromatic heterocycles. The van der Waals surface area contributed by atoms with Gasteiger partial charge in [0, 0.05) is 23.7 Å². The molecule has 2 amide bonds. The Kier molecular flexibility index (Phi) is 5.20. The third-order valence-corrected chi connectivity index (χ3v) is 3.93. The molecule has 0 spiro atoms. The first kappa shape index (κ1) is 15.8. The first-order valence-electron chi connectivity index (χ1n) is 6.97. The molecule has 1 heterocycles. The molecule has 2 N–H and O–H groups in total. The van der Waals surface area contributed by atoms with E-state index in [4.69, 9.17) is 11.6 Å². The number of benzene rings is 1. The minimum Gasteiger partial charge on any atom is -0.393 e. The number of nitrogens with one attached hydrogen (secondary N) is 1. The van der Waals surface area contributed by atoms with Gasteiger partial charge in [0.15, 0.2) is 0 Å². The van der Waals surface area contributed by atoms with Crippen LogP contribution in [0.2, 0.25) is 5.02 Å². The van der Waals surface area contributed by atoms with E-state index in [0.717, 1.165) is 0 Å². The molecule has 2 atom stereocenters. The van der Waals surface area contributed by atoms with Crippen molar-refractivity contribution in [2.75, 3.05) is 19.6 Å². The van der Waals surface area contributed by atoms with Gasteiger partial charge >= 0.3 is 0 Å². The van der Waals surface area contributed by atoms with Crippen molar-refractivity contribution >= 4 is 23.4 Å². The average molecular weight is 311 g/mol. The molecule has 1 aliphatic heterocycles. The van der Waals surface area contributed by atoms with Gasteiger partial charge in [0.05, 0.1) is 12.6 Å². The number of likely N-dealkylation sites (tertiary alicyclic amines) is 1. The molecule has 2 unspecified atom stereocenters. The van der Waals surface area contributed by atoms with Crippen molar-refractivity contribution < 1.29 is 14.7 Å². The topological polar surface area (TPSA) is 69.6 Å². The van der Waals surface area contributed by atoms with Crippen LogP contribution in [0, 0.1) is 5.92 Å². The second-order valence-corrected chi connectivity index (χ2v) is 5.80. The number of hydrogen-bond donors (Lipinski definition) is 2. The zero-order chi connectivity index (χ0) is 15.4. The highest BCUT2D eigenvalue weighted by molar-refractivity contribution is 6.30. The number of carbonyl (C=O) groups is 2. The summed E-state index contributed by atoms with van der Waals surface area (Å²) in [6, 6.07) is 6.57. The summed E-state index contributed by atoms with van der Waals surface area (Å²) in [6.07, 6.45) is 0.227. The van der Waals surface area contributed by atoms with E-state index < -0.39 is 0 Å². The lowest BCUT2D eigenvalue weighted by Crippen LogP contribution is -2.48. The van der Waals surface area contributed by atoms with Crippen LogP contribution in [0.15, 0.2) is 24.3 Å². The highest BCUT2D eigenvalue weighted by atomic mass is 35.5. The molecule has 1 aromatic carbocycles. The van der Waals surface area contributed by atoms with Crippen LogP contribution < -0.4 is 5.32 Å². The number of piperidine rings is 1. The smallest absolute Gasteiger partial charge is 0.251 e. The highest BCUT2D eigenvalue weighted by Crippen LogP contribution is 2.16. The molecule has 5 nitrogen and oxygen atoms in total. The maximum atomic E-state index is 12.1. The zero-order valence-electron chi connectivity index (χ0n) is 11.9. The van der Waals surface area contributed by atoms with Gasteiger partial charge in [0.25, 0.3) is 5.91 Å². The second kappa shape index (κ2) is 6.91. The van der Waals surface area contributed by atoms with E-state index in [1.807, 2.05) is 6.92 Å². The first-order valence-corrected chi connectivity index (χ1v) is 7.35. The standard InChI is InChI=1S/C15H19ClN2O3/c1-10-9-18(6-5-13(10)19)14(20)8-17-15(21)11-3-2-4-12(16)7-11/h2-4,7,10,13,19H,5-6,8-9H2,1H3,(H,17,21). The van der Waals surface area contributed by atoms with Gasteiger partial charge in [-0.05, 0) is 30.5 Å². The third-order valence-electron chi connectivity index (χ3n) is 3.70. The van der Waals surface area contributed by atoms with Crippen molar-refractivity contribution in [2.45, 2.75) is 19.4 Å². The highest BCUT2D eigenvalue weighted by Gasteiger charge is 2.27. The molecule has 6 heteroatoms. The Morgan fingerprint density at radius 1 is 1.48 bits per heavy atom. The Morgan fingerprint density at radius 2 is 2.24 bits per heavy atom. The van der Waals surface area contributed by atoms with Crippen molar-refractivity contribution in [1.29, 1.82) is 0 Å². The van der Waals surface area contributed by atoms with Gasteiger partial charge in [-0.1, -0.05) is 24.6 Å². The van der Waals surface area contributed by atoms with E-state index >= 15 is 0 Å². The molecule has 1 aliphatic rings. The Morgan fingerprint density at radius 3 is 2.90 bits per heavy atom. The van der Waals surface area contributed by atoms with Gasteiger partial charge in [0.1, 0.15) is 0 Å². The summed E-state index contributed by atoms with van der Waals surface area (Å²) >= 11 is 5.82. The minimum atomic E-state index is -0.352. The number of amides is 2. The number of hydrogen-bond acceptors (Lipinski definition) is 3. The summed E-state index contributed by atoms with van der Waals surface area (Å²) in [5.41, 5.74) is 0.428. The van der Waals surface area contributed by atoms with Gasteiger partial charge in [-0.2, -0.15) is 0 Å². The summed E-state index contributed by atoms with van der Waals surface area (Å²) in [5.74, 6) is -0.397. The first-order chi connectivity index (χ1) is 9.97. The van der Waals surface area contributed by atoms with Gasteiger partial charge in [0.2, 0.25) is 5.91 Å². The van der Waals surface area contributed by atoms with E-state index in [1.54, 1.807) is 29.2 Å². The summed E-state index contributed by atoms with van der Waals surface area (Å²) < 4.78 is 0. The summed E-state index contributed by atoms with van der Waals surface area (Å²) in [5, 5.41) is 12.7. The molecule has 0 saturated carbocycles. The van der Waals surface area contributed by atoms with Crippen LogP contribution in [-0.2, 0) is 4.79 Å². The minimum absolute atomic E-state index is 0.0475. The lowest BCUT2D eigenvalue weighted by atomic mass is 9.97. The van der Waals surface area contributed by atoms with E-state index in [-0.39, 0.29) is 30.4 Å². The number of aliphatic hydroxyl groups is 1. The van der Waals surface area contributed by atoms with Gasteiger partial charge < -0.3 is 15.3 Å². The van der Waals surface area contributed by atoms with Crippen molar-refractivity contribution in [3.63, 3.8) is 0 Å². The van der Waals surface area contributed by atoms with Crippen LogP contribution >= 0.6 is 11.6 Å². The lowest BCUT2D eigenvalue weighted by Gasteiger charge is -2.34.